The zero-order chi connectivity index (χ0) is 19.2. The van der Waals surface area contributed by atoms with E-state index in [1.54, 1.807) is 18.2 Å². The number of nitrogens with zero attached hydrogens (tertiary/aromatic N) is 3. The van der Waals surface area contributed by atoms with Gasteiger partial charge in [-0.05, 0) is 25.1 Å². The second-order valence-corrected chi connectivity index (χ2v) is 7.24. The Morgan fingerprint density at radius 3 is 2.81 bits per heavy atom. The van der Waals surface area contributed by atoms with Gasteiger partial charge < -0.3 is 5.32 Å². The van der Waals surface area contributed by atoms with Crippen molar-refractivity contribution in [3.8, 4) is 11.4 Å². The Morgan fingerprint density at radius 2 is 2.07 bits per heavy atom. The number of para-hydroxylation sites is 1. The van der Waals surface area contributed by atoms with Gasteiger partial charge in [-0.2, -0.15) is 0 Å². The smallest absolute Gasteiger partial charge is 0.234 e. The Hall–Kier alpha value is -2.57. The molecule has 1 amide bonds. The van der Waals surface area contributed by atoms with Crippen LogP contribution in [0.4, 0.5) is 5.69 Å². The molecule has 0 spiro atoms. The van der Waals surface area contributed by atoms with Crippen molar-refractivity contribution >= 4 is 35.0 Å². The van der Waals surface area contributed by atoms with Crippen molar-refractivity contribution in [2.75, 3.05) is 11.1 Å². The summed E-state index contributed by atoms with van der Waals surface area (Å²) in [5, 5.41) is 12.6. The Morgan fingerprint density at radius 1 is 1.26 bits per heavy atom. The highest BCUT2D eigenvalue weighted by atomic mass is 35.5. The Balaban J connectivity index is 1.74. The molecule has 7 heteroatoms. The predicted octanol–water partition coefficient (Wildman–Crippen LogP) is 4.82. The summed E-state index contributed by atoms with van der Waals surface area (Å²) in [4.78, 5) is 12.3. The molecule has 0 fully saturated rings. The minimum Gasteiger partial charge on any atom is -0.324 e. The number of rotatable bonds is 7. The summed E-state index contributed by atoms with van der Waals surface area (Å²) in [6, 6.07) is 15.2. The fourth-order valence-corrected chi connectivity index (χ4v) is 3.50. The lowest BCUT2D eigenvalue weighted by Gasteiger charge is -2.09. The van der Waals surface area contributed by atoms with E-state index < -0.39 is 0 Å². The van der Waals surface area contributed by atoms with Crippen molar-refractivity contribution in [3.05, 3.63) is 71.8 Å². The first-order chi connectivity index (χ1) is 13.1. The maximum atomic E-state index is 12.3. The van der Waals surface area contributed by atoms with Gasteiger partial charge in [0.1, 0.15) is 0 Å². The minimum absolute atomic E-state index is 0.154. The van der Waals surface area contributed by atoms with E-state index >= 15 is 0 Å². The van der Waals surface area contributed by atoms with E-state index in [1.807, 2.05) is 41.8 Å². The number of aryl methyl sites for hydroxylation is 1. The van der Waals surface area contributed by atoms with Crippen LogP contribution in [0.1, 0.15) is 5.56 Å². The summed E-state index contributed by atoms with van der Waals surface area (Å²) >= 11 is 7.40. The van der Waals surface area contributed by atoms with Crippen LogP contribution >= 0.6 is 23.4 Å². The highest BCUT2D eigenvalue weighted by Crippen LogP contribution is 2.25. The topological polar surface area (TPSA) is 59.8 Å². The average molecular weight is 399 g/mol. The number of halogens is 1. The zero-order valence-electron chi connectivity index (χ0n) is 14.9. The molecule has 0 unspecified atom stereocenters. The molecule has 1 aromatic heterocycles. The number of allylic oxidation sites excluding steroid dienone is 1. The van der Waals surface area contributed by atoms with E-state index in [2.05, 4.69) is 28.2 Å². The molecule has 0 aliphatic heterocycles. The molecule has 1 heterocycles. The van der Waals surface area contributed by atoms with Gasteiger partial charge in [0.15, 0.2) is 11.0 Å². The molecule has 3 rings (SSSR count). The summed E-state index contributed by atoms with van der Waals surface area (Å²) in [5.41, 5.74) is 2.73. The molecule has 1 N–H and O–H groups in total. The number of hydrogen-bond acceptors (Lipinski definition) is 4. The number of aromatic nitrogens is 3. The second-order valence-electron chi connectivity index (χ2n) is 5.89. The van der Waals surface area contributed by atoms with Gasteiger partial charge in [-0.3, -0.25) is 9.36 Å². The normalized spacial score (nSPS) is 10.6. The van der Waals surface area contributed by atoms with E-state index in [0.29, 0.717) is 22.4 Å². The first-order valence-corrected chi connectivity index (χ1v) is 9.73. The molecule has 3 aromatic rings. The van der Waals surface area contributed by atoms with Crippen LogP contribution in [-0.2, 0) is 11.3 Å². The number of carbonyl (C=O) groups is 1. The number of carbonyl (C=O) groups excluding carboxylic acids is 1. The van der Waals surface area contributed by atoms with Gasteiger partial charge in [-0.15, -0.1) is 16.8 Å². The monoisotopic (exact) mass is 398 g/mol. The van der Waals surface area contributed by atoms with Crippen LogP contribution in [0.15, 0.2) is 66.3 Å². The van der Waals surface area contributed by atoms with Crippen molar-refractivity contribution in [2.45, 2.75) is 18.6 Å². The number of nitrogens with one attached hydrogen (secondary N) is 1. The van der Waals surface area contributed by atoms with Crippen molar-refractivity contribution in [1.29, 1.82) is 0 Å². The van der Waals surface area contributed by atoms with Crippen LogP contribution < -0.4 is 5.32 Å². The molecule has 0 bridgehead atoms. The van der Waals surface area contributed by atoms with Gasteiger partial charge in [0, 0.05) is 12.1 Å². The lowest BCUT2D eigenvalue weighted by Crippen LogP contribution is -2.15. The minimum atomic E-state index is -0.154. The molecule has 0 saturated heterocycles. The van der Waals surface area contributed by atoms with E-state index in [0.717, 1.165) is 17.0 Å². The molecule has 0 saturated carbocycles. The van der Waals surface area contributed by atoms with Gasteiger partial charge >= 0.3 is 0 Å². The van der Waals surface area contributed by atoms with E-state index in [9.17, 15) is 4.79 Å². The Bertz CT molecular complexity index is 970. The van der Waals surface area contributed by atoms with Crippen LogP contribution in [0, 0.1) is 6.92 Å². The van der Waals surface area contributed by atoms with Crippen LogP contribution in [0.2, 0.25) is 5.02 Å². The maximum Gasteiger partial charge on any atom is 0.234 e. The molecular formula is C20H19ClN4OS. The molecule has 0 aliphatic carbocycles. The molecule has 2 aromatic carbocycles. The summed E-state index contributed by atoms with van der Waals surface area (Å²) in [7, 11) is 0. The van der Waals surface area contributed by atoms with Crippen molar-refractivity contribution in [2.24, 2.45) is 0 Å². The van der Waals surface area contributed by atoms with Crippen molar-refractivity contribution in [3.63, 3.8) is 0 Å². The first kappa shape index (κ1) is 19.2. The summed E-state index contributed by atoms with van der Waals surface area (Å²) in [6.07, 6.45) is 1.79. The van der Waals surface area contributed by atoms with Crippen LogP contribution in [-0.4, -0.2) is 26.4 Å². The fraction of sp³-hybridized carbons (Fsp3) is 0.150. The third kappa shape index (κ3) is 4.78. The first-order valence-electron chi connectivity index (χ1n) is 8.37. The van der Waals surface area contributed by atoms with Gasteiger partial charge in [-0.25, -0.2) is 0 Å². The largest absolute Gasteiger partial charge is 0.324 e. The zero-order valence-corrected chi connectivity index (χ0v) is 16.4. The number of benzene rings is 2. The quantitative estimate of drug-likeness (QED) is 0.457. The average Bonchev–Trinajstić information content (AvgIpc) is 3.05. The maximum absolute atomic E-state index is 12.3. The summed E-state index contributed by atoms with van der Waals surface area (Å²) in [5.74, 6) is 0.805. The molecule has 138 valence electrons. The van der Waals surface area contributed by atoms with Crippen molar-refractivity contribution in [1.82, 2.24) is 14.8 Å². The molecular weight excluding hydrogens is 380 g/mol. The fourth-order valence-electron chi connectivity index (χ4n) is 2.57. The standard InChI is InChI=1S/C20H19ClN4OS/c1-3-11-25-19(15-8-6-7-14(2)12-15)23-24-20(25)27-13-18(26)22-17-10-5-4-9-16(17)21/h3-10,12H,1,11,13H2,2H3,(H,22,26). The SMILES string of the molecule is C=CCn1c(SCC(=O)Nc2ccccc2Cl)nnc1-c1cccc(C)c1. The Kier molecular flexibility index (Phi) is 6.32. The molecule has 5 nitrogen and oxygen atoms in total. The highest BCUT2D eigenvalue weighted by molar-refractivity contribution is 7.99. The molecule has 0 radical (unpaired) electrons. The highest BCUT2D eigenvalue weighted by Gasteiger charge is 2.15. The van der Waals surface area contributed by atoms with Crippen molar-refractivity contribution < 1.29 is 4.79 Å². The predicted molar refractivity (Wildman–Crippen MR) is 111 cm³/mol. The van der Waals surface area contributed by atoms with Crippen LogP contribution in [0.25, 0.3) is 11.4 Å². The molecule has 27 heavy (non-hydrogen) atoms. The number of amides is 1. The number of anilines is 1. The van der Waals surface area contributed by atoms with Crippen LogP contribution in [0.3, 0.4) is 0 Å². The van der Waals surface area contributed by atoms with Gasteiger partial charge in [-0.1, -0.05) is 65.3 Å². The lowest BCUT2D eigenvalue weighted by molar-refractivity contribution is -0.113. The van der Waals surface area contributed by atoms with E-state index in [1.165, 1.54) is 11.8 Å². The third-order valence-corrected chi connectivity index (χ3v) is 5.08. The van der Waals surface area contributed by atoms with Crippen LogP contribution in [0.5, 0.6) is 0 Å². The lowest BCUT2D eigenvalue weighted by atomic mass is 10.1. The molecule has 0 atom stereocenters. The number of hydrogen-bond donors (Lipinski definition) is 1. The summed E-state index contributed by atoms with van der Waals surface area (Å²) < 4.78 is 1.95. The third-order valence-electron chi connectivity index (χ3n) is 3.79. The van der Waals surface area contributed by atoms with Gasteiger partial charge in [0.25, 0.3) is 0 Å². The summed E-state index contributed by atoms with van der Waals surface area (Å²) in [6.45, 7) is 6.40. The Labute approximate surface area is 167 Å². The number of thioether (sulfide) groups is 1. The molecule has 0 aliphatic rings. The second kappa shape index (κ2) is 8.88. The van der Waals surface area contributed by atoms with E-state index in [4.69, 9.17) is 11.6 Å². The van der Waals surface area contributed by atoms with Gasteiger partial charge in [0.2, 0.25) is 5.91 Å². The van der Waals surface area contributed by atoms with Gasteiger partial charge in [0.05, 0.1) is 16.5 Å². The van der Waals surface area contributed by atoms with E-state index in [-0.39, 0.29) is 11.7 Å².